The Balaban J connectivity index is 1.81. The number of carbonyl (C=O) groups excluding carboxylic acids is 2. The molecule has 2 aliphatic rings. The van der Waals surface area contributed by atoms with E-state index in [1.165, 1.54) is 55.6 Å². The van der Waals surface area contributed by atoms with Crippen molar-refractivity contribution in [3.05, 3.63) is 89.2 Å². The minimum absolute atomic E-state index is 0.0219. The first kappa shape index (κ1) is 28.1. The van der Waals surface area contributed by atoms with Gasteiger partial charge in [0, 0.05) is 51.9 Å². The number of rotatable bonds is 2. The molecule has 0 fully saturated rings. The normalized spacial score (nSPS) is 17.8. The number of allylic oxidation sites excluding steroid dienone is 6. The van der Waals surface area contributed by atoms with Crippen molar-refractivity contribution in [3.8, 4) is 0 Å². The second kappa shape index (κ2) is 9.03. The number of aromatic nitrogens is 1. The molecule has 1 unspecified atom stereocenters. The highest BCUT2D eigenvalue weighted by Gasteiger charge is 2.40. The van der Waals surface area contributed by atoms with Gasteiger partial charge in [0.2, 0.25) is 0 Å². The minimum atomic E-state index is -0.0300. The number of benzene rings is 2. The lowest BCUT2D eigenvalue weighted by Crippen LogP contribution is -2.23. The van der Waals surface area contributed by atoms with Gasteiger partial charge in [0.15, 0.2) is 11.6 Å². The lowest BCUT2D eigenvalue weighted by atomic mass is 9.76. The Morgan fingerprint density at radius 1 is 0.525 bits per heavy atom. The van der Waals surface area contributed by atoms with Gasteiger partial charge in [0.25, 0.3) is 0 Å². The van der Waals surface area contributed by atoms with Crippen LogP contribution in [0.4, 0.5) is 0 Å². The molecule has 2 aliphatic carbocycles. The quantitative estimate of drug-likeness (QED) is 0.309. The topological polar surface area (TPSA) is 39.1 Å². The average Bonchev–Trinajstić information content (AvgIpc) is 3.33. The summed E-state index contributed by atoms with van der Waals surface area (Å²) in [5, 5.41) is 1.10. The van der Waals surface area contributed by atoms with Crippen LogP contribution in [-0.4, -0.2) is 16.1 Å². The molecule has 0 bridgehead atoms. The van der Waals surface area contributed by atoms with Crippen molar-refractivity contribution < 1.29 is 9.59 Å². The van der Waals surface area contributed by atoms with Gasteiger partial charge in [-0.05, 0) is 144 Å². The van der Waals surface area contributed by atoms with E-state index in [9.17, 15) is 9.59 Å². The summed E-state index contributed by atoms with van der Waals surface area (Å²) in [4.78, 5) is 29.0. The van der Waals surface area contributed by atoms with Crippen molar-refractivity contribution in [2.75, 3.05) is 0 Å². The van der Waals surface area contributed by atoms with Gasteiger partial charge in [-0.2, -0.15) is 0 Å². The molecule has 3 nitrogen and oxygen atoms in total. The Hall–Kier alpha value is -3.46. The minimum Gasteiger partial charge on any atom is -0.347 e. The number of carbonyl (C=O) groups is 2. The van der Waals surface area contributed by atoms with Gasteiger partial charge in [-0.25, -0.2) is 0 Å². The number of ketones is 2. The van der Waals surface area contributed by atoms with E-state index in [1.54, 1.807) is 0 Å². The van der Waals surface area contributed by atoms with Gasteiger partial charge in [-0.3, -0.25) is 9.59 Å². The zero-order valence-electron chi connectivity index (χ0n) is 26.8. The van der Waals surface area contributed by atoms with Crippen molar-refractivity contribution in [1.82, 2.24) is 4.57 Å². The molecule has 40 heavy (non-hydrogen) atoms. The van der Waals surface area contributed by atoms with Crippen LogP contribution in [0.2, 0.25) is 0 Å². The predicted molar refractivity (Wildman–Crippen MR) is 168 cm³/mol. The fourth-order valence-corrected chi connectivity index (χ4v) is 7.54. The summed E-state index contributed by atoms with van der Waals surface area (Å²) in [7, 11) is 2.07. The van der Waals surface area contributed by atoms with Crippen molar-refractivity contribution in [1.29, 1.82) is 0 Å². The highest BCUT2D eigenvalue weighted by atomic mass is 16.1. The van der Waals surface area contributed by atoms with Crippen LogP contribution in [0.5, 0.6) is 0 Å². The summed E-state index contributed by atoms with van der Waals surface area (Å²) in [6, 6.07) is 0. The van der Waals surface area contributed by atoms with E-state index in [0.717, 1.165) is 33.3 Å². The molecule has 5 rings (SSSR count). The van der Waals surface area contributed by atoms with Crippen molar-refractivity contribution in [2.45, 2.75) is 95.9 Å². The van der Waals surface area contributed by atoms with Gasteiger partial charge >= 0.3 is 0 Å². The van der Waals surface area contributed by atoms with Gasteiger partial charge < -0.3 is 4.57 Å². The fourth-order valence-electron chi connectivity index (χ4n) is 7.54. The van der Waals surface area contributed by atoms with E-state index in [1.807, 2.05) is 13.8 Å². The Labute approximate surface area is 239 Å². The Kier molecular flexibility index (Phi) is 6.34. The molecule has 0 aliphatic heterocycles. The van der Waals surface area contributed by atoms with Crippen LogP contribution in [0.3, 0.4) is 0 Å². The maximum atomic E-state index is 14.5. The molecule has 0 saturated carbocycles. The number of aryl methyl sites for hydroxylation is 3. The smallest absolute Gasteiger partial charge is 0.190 e. The summed E-state index contributed by atoms with van der Waals surface area (Å²) < 4.78 is 2.20. The van der Waals surface area contributed by atoms with Crippen molar-refractivity contribution in [2.24, 2.45) is 7.05 Å². The monoisotopic (exact) mass is 533 g/mol. The molecule has 2 aromatic carbocycles. The summed E-state index contributed by atoms with van der Waals surface area (Å²) in [5.41, 5.74) is 20.0. The second-order valence-electron chi connectivity index (χ2n) is 12.5. The summed E-state index contributed by atoms with van der Waals surface area (Å²) >= 11 is 0. The van der Waals surface area contributed by atoms with Gasteiger partial charge in [0.05, 0.1) is 5.52 Å². The number of fused-ring (bicyclic) bond motifs is 2. The number of hydrogen-bond donors (Lipinski definition) is 0. The van der Waals surface area contributed by atoms with Gasteiger partial charge in [0.1, 0.15) is 0 Å². The van der Waals surface area contributed by atoms with Crippen LogP contribution < -0.4 is 0 Å². The molecular formula is C37H43NO2. The Morgan fingerprint density at radius 3 is 1.60 bits per heavy atom. The number of nitrogens with zero attached hydrogens (tertiary/aromatic N) is 1. The van der Waals surface area contributed by atoms with Crippen LogP contribution in [0.1, 0.15) is 101 Å². The predicted octanol–water partition coefficient (Wildman–Crippen LogP) is 8.79. The average molecular weight is 534 g/mol. The van der Waals surface area contributed by atoms with Crippen molar-refractivity contribution >= 4 is 33.6 Å². The molecule has 3 aromatic rings. The van der Waals surface area contributed by atoms with Gasteiger partial charge in [-0.1, -0.05) is 12.5 Å². The molecule has 1 aromatic heterocycles. The molecule has 0 saturated heterocycles. The molecule has 0 spiro atoms. The molecule has 0 radical (unpaired) electrons. The zero-order valence-corrected chi connectivity index (χ0v) is 26.8. The van der Waals surface area contributed by atoms with E-state index < -0.39 is 0 Å². The van der Waals surface area contributed by atoms with Gasteiger partial charge in [-0.15, -0.1) is 0 Å². The van der Waals surface area contributed by atoms with Crippen LogP contribution in [-0.2, 0) is 16.6 Å². The largest absolute Gasteiger partial charge is 0.347 e. The lowest BCUT2D eigenvalue weighted by molar-refractivity contribution is -0.114. The third kappa shape index (κ3) is 3.30. The molecule has 0 N–H and O–H groups in total. The first-order valence-corrected chi connectivity index (χ1v) is 14.5. The first-order valence-electron chi connectivity index (χ1n) is 14.5. The highest BCUT2D eigenvalue weighted by Crippen LogP contribution is 2.52. The molecular weight excluding hydrogens is 490 g/mol. The molecule has 0 amide bonds. The lowest BCUT2D eigenvalue weighted by Gasteiger charge is -2.25. The van der Waals surface area contributed by atoms with E-state index in [-0.39, 0.29) is 17.5 Å². The third-order valence-electron chi connectivity index (χ3n) is 11.0. The summed E-state index contributed by atoms with van der Waals surface area (Å²) in [5.74, 6) is 0.151. The maximum Gasteiger partial charge on any atom is 0.190 e. The second-order valence-corrected chi connectivity index (χ2v) is 12.5. The van der Waals surface area contributed by atoms with Crippen molar-refractivity contribution in [3.63, 3.8) is 0 Å². The summed E-state index contributed by atoms with van der Waals surface area (Å²) in [6.45, 7) is 27.5. The highest BCUT2D eigenvalue weighted by molar-refractivity contribution is 6.43. The molecule has 1 atom stereocenters. The van der Waals surface area contributed by atoms with E-state index >= 15 is 0 Å². The number of Topliss-reactive ketones (excluding diaryl/α,β-unsaturated/α-hetero) is 2. The summed E-state index contributed by atoms with van der Waals surface area (Å²) in [6.07, 6.45) is 0. The zero-order chi connectivity index (χ0) is 29.9. The Morgan fingerprint density at radius 2 is 1.00 bits per heavy atom. The molecule has 1 heterocycles. The Bertz CT molecular complexity index is 1850. The molecule has 208 valence electrons. The van der Waals surface area contributed by atoms with Crippen LogP contribution in [0, 0.1) is 62.3 Å². The molecule has 3 heteroatoms. The van der Waals surface area contributed by atoms with Crippen LogP contribution in [0.15, 0.2) is 22.3 Å². The van der Waals surface area contributed by atoms with E-state index in [4.69, 9.17) is 0 Å². The first-order chi connectivity index (χ1) is 18.6. The van der Waals surface area contributed by atoms with E-state index in [0.29, 0.717) is 22.3 Å². The maximum absolute atomic E-state index is 14.5. The SMILES string of the molecule is CC1=C(C2=C(C)C(C)c3c(C)c(C)c(C)c(C)c32)C(=O)C(C)=C(c2c(C)n(C)c3c(C)c(C)c(C)c(C)c23)C1=O. The number of hydrogen-bond acceptors (Lipinski definition) is 2. The van der Waals surface area contributed by atoms with Crippen LogP contribution >= 0.6 is 0 Å². The third-order valence-corrected chi connectivity index (χ3v) is 11.0. The standard InChI is InChI=1S/C37H43NO2/c1-15-16(2)20(6)29-28(19(15)5)22(8)23(9)30(29)32-25(11)37(40)33(26(12)36(32)39)34-27(13)38(14)35-24(10)18(4)17(3)21(7)31(34)35/h22H,1-14H3. The van der Waals surface area contributed by atoms with Crippen LogP contribution in [0.25, 0.3) is 22.0 Å². The fraction of sp³-hybridized carbons (Fsp3) is 0.405. The van der Waals surface area contributed by atoms with E-state index in [2.05, 4.69) is 87.8 Å².